The third-order valence-corrected chi connectivity index (χ3v) is 5.53. The smallest absolute Gasteiger partial charge is 0.276 e. The summed E-state index contributed by atoms with van der Waals surface area (Å²) in [6, 6.07) is 13.3. The number of nitrogens with zero attached hydrogens (tertiary/aromatic N) is 3. The topological polar surface area (TPSA) is 84.3 Å². The molecule has 1 atom stereocenters. The first kappa shape index (κ1) is 20.9. The molecule has 0 aliphatic carbocycles. The Morgan fingerprint density at radius 2 is 1.71 bits per heavy atom. The van der Waals surface area contributed by atoms with Gasteiger partial charge in [-0.2, -0.15) is 5.10 Å². The maximum absolute atomic E-state index is 13.2. The molecule has 0 bridgehead atoms. The molecule has 1 unspecified atom stereocenters. The zero-order chi connectivity index (χ0) is 22.0. The van der Waals surface area contributed by atoms with E-state index in [1.54, 1.807) is 4.90 Å². The van der Waals surface area contributed by atoms with Crippen LogP contribution in [0.2, 0.25) is 0 Å². The lowest BCUT2D eigenvalue weighted by Crippen LogP contribution is -2.53. The number of nitrogens with one attached hydrogen (secondary N) is 1. The molecule has 0 spiro atoms. The molecule has 1 aliphatic heterocycles. The van der Waals surface area contributed by atoms with Crippen molar-refractivity contribution in [3.05, 3.63) is 87.0 Å². The van der Waals surface area contributed by atoms with Crippen LogP contribution in [0.3, 0.4) is 0 Å². The minimum absolute atomic E-state index is 0.239. The molecular formula is C22H18BrFN4O3. The van der Waals surface area contributed by atoms with Gasteiger partial charge in [0.1, 0.15) is 11.9 Å². The fourth-order valence-electron chi connectivity index (χ4n) is 3.42. The van der Waals surface area contributed by atoms with E-state index in [4.69, 9.17) is 0 Å². The molecule has 1 N–H and O–H groups in total. The van der Waals surface area contributed by atoms with E-state index in [0.29, 0.717) is 25.1 Å². The van der Waals surface area contributed by atoms with Crippen molar-refractivity contribution in [2.75, 3.05) is 11.4 Å². The zero-order valence-corrected chi connectivity index (χ0v) is 17.9. The normalized spacial score (nSPS) is 16.3. The molecule has 1 aromatic heterocycles. The molecule has 0 radical (unpaired) electrons. The van der Waals surface area contributed by atoms with Gasteiger partial charge in [0.2, 0.25) is 11.3 Å². The van der Waals surface area contributed by atoms with Crippen molar-refractivity contribution in [3.8, 4) is 5.69 Å². The summed E-state index contributed by atoms with van der Waals surface area (Å²) in [5.74, 6) is -1.37. The minimum Gasteiger partial charge on any atom is -0.339 e. The maximum Gasteiger partial charge on any atom is 0.276 e. The first-order valence-electron chi connectivity index (χ1n) is 9.66. The lowest BCUT2D eigenvalue weighted by molar-refractivity contribution is -0.121. The van der Waals surface area contributed by atoms with Crippen LogP contribution in [-0.2, 0) is 4.79 Å². The summed E-state index contributed by atoms with van der Waals surface area (Å²) in [5.41, 5.74) is 0.332. The molecule has 2 amide bonds. The van der Waals surface area contributed by atoms with Gasteiger partial charge >= 0.3 is 0 Å². The third kappa shape index (κ3) is 4.56. The number of anilines is 1. The van der Waals surface area contributed by atoms with Crippen LogP contribution >= 0.6 is 15.9 Å². The molecule has 9 heteroatoms. The van der Waals surface area contributed by atoms with Gasteiger partial charge in [0.05, 0.1) is 5.69 Å². The number of hydrogen-bond acceptors (Lipinski definition) is 4. The van der Waals surface area contributed by atoms with Crippen molar-refractivity contribution in [3.63, 3.8) is 0 Å². The van der Waals surface area contributed by atoms with Gasteiger partial charge in [0, 0.05) is 29.0 Å². The van der Waals surface area contributed by atoms with Crippen LogP contribution in [0.1, 0.15) is 23.3 Å². The molecule has 1 aliphatic rings. The van der Waals surface area contributed by atoms with Crippen LogP contribution in [-0.4, -0.2) is 34.2 Å². The number of amides is 2. The van der Waals surface area contributed by atoms with Crippen molar-refractivity contribution >= 4 is 33.4 Å². The summed E-state index contributed by atoms with van der Waals surface area (Å²) in [7, 11) is 0. The van der Waals surface area contributed by atoms with E-state index < -0.39 is 23.2 Å². The number of carbonyl (C=O) groups excluding carboxylic acids is 2. The largest absolute Gasteiger partial charge is 0.339 e. The number of halogens is 2. The number of hydrogen-bond donors (Lipinski definition) is 1. The minimum atomic E-state index is -0.759. The van der Waals surface area contributed by atoms with Crippen molar-refractivity contribution in [2.24, 2.45) is 0 Å². The first-order valence-corrected chi connectivity index (χ1v) is 10.5. The summed E-state index contributed by atoms with van der Waals surface area (Å²) in [6.07, 6.45) is 2.57. The van der Waals surface area contributed by atoms with Gasteiger partial charge in [-0.25, -0.2) is 9.07 Å². The number of aromatic nitrogens is 2. The van der Waals surface area contributed by atoms with Crippen LogP contribution in [0.5, 0.6) is 0 Å². The molecule has 4 rings (SSSR count). The monoisotopic (exact) mass is 484 g/mol. The Morgan fingerprint density at radius 1 is 1.03 bits per heavy atom. The Balaban J connectivity index is 1.54. The third-order valence-electron chi connectivity index (χ3n) is 5.00. The second-order valence-electron chi connectivity index (χ2n) is 7.08. The number of rotatable bonds is 4. The first-order chi connectivity index (χ1) is 14.9. The molecule has 2 heterocycles. The second kappa shape index (κ2) is 8.81. The van der Waals surface area contributed by atoms with Crippen LogP contribution in [0.25, 0.3) is 5.69 Å². The predicted octanol–water partition coefficient (Wildman–Crippen LogP) is 3.06. The Hall–Kier alpha value is -3.33. The van der Waals surface area contributed by atoms with E-state index >= 15 is 0 Å². The van der Waals surface area contributed by atoms with Crippen LogP contribution in [0, 0.1) is 5.82 Å². The molecule has 2 aromatic carbocycles. The maximum atomic E-state index is 13.2. The summed E-state index contributed by atoms with van der Waals surface area (Å²) in [5, 5.41) is 6.74. The van der Waals surface area contributed by atoms with Crippen molar-refractivity contribution < 1.29 is 14.0 Å². The molecule has 1 fully saturated rings. The number of benzene rings is 2. The predicted molar refractivity (Wildman–Crippen MR) is 117 cm³/mol. The Kier molecular flexibility index (Phi) is 5.94. The Bertz CT molecular complexity index is 1180. The van der Waals surface area contributed by atoms with E-state index in [1.807, 2.05) is 24.3 Å². The second-order valence-corrected chi connectivity index (χ2v) is 8.00. The average Bonchev–Trinajstić information content (AvgIpc) is 2.77. The highest BCUT2D eigenvalue weighted by Gasteiger charge is 2.31. The summed E-state index contributed by atoms with van der Waals surface area (Å²) >= 11 is 3.37. The molecular weight excluding hydrogens is 467 g/mol. The fourth-order valence-corrected chi connectivity index (χ4v) is 3.68. The quantitative estimate of drug-likeness (QED) is 0.616. The van der Waals surface area contributed by atoms with E-state index in [9.17, 15) is 18.8 Å². The van der Waals surface area contributed by atoms with Gasteiger partial charge < -0.3 is 10.2 Å². The molecule has 158 valence electrons. The average molecular weight is 485 g/mol. The van der Waals surface area contributed by atoms with Crippen molar-refractivity contribution in [1.29, 1.82) is 0 Å². The summed E-state index contributed by atoms with van der Waals surface area (Å²) in [6.45, 7) is 0.549. The molecule has 7 nitrogen and oxygen atoms in total. The summed E-state index contributed by atoms with van der Waals surface area (Å²) in [4.78, 5) is 39.6. The molecule has 0 saturated carbocycles. The number of carbonyl (C=O) groups is 2. The van der Waals surface area contributed by atoms with Crippen LogP contribution in [0.15, 0.2) is 70.1 Å². The fraction of sp³-hybridized carbons (Fsp3) is 0.182. The van der Waals surface area contributed by atoms with E-state index in [1.165, 1.54) is 41.2 Å². The van der Waals surface area contributed by atoms with Crippen LogP contribution < -0.4 is 15.6 Å². The van der Waals surface area contributed by atoms with Gasteiger partial charge in [0.15, 0.2) is 5.69 Å². The highest BCUT2D eigenvalue weighted by atomic mass is 79.9. The van der Waals surface area contributed by atoms with Crippen molar-refractivity contribution in [2.45, 2.75) is 18.9 Å². The van der Waals surface area contributed by atoms with E-state index in [-0.39, 0.29) is 11.6 Å². The Labute approximate surface area is 185 Å². The molecule has 3 aromatic rings. The molecule has 1 saturated heterocycles. The van der Waals surface area contributed by atoms with Crippen molar-refractivity contribution in [1.82, 2.24) is 15.1 Å². The highest BCUT2D eigenvalue weighted by Crippen LogP contribution is 2.23. The molecule has 31 heavy (non-hydrogen) atoms. The Morgan fingerprint density at radius 3 is 2.42 bits per heavy atom. The van der Waals surface area contributed by atoms with Crippen LogP contribution in [0.4, 0.5) is 10.1 Å². The van der Waals surface area contributed by atoms with Gasteiger partial charge in [-0.3, -0.25) is 14.4 Å². The highest BCUT2D eigenvalue weighted by molar-refractivity contribution is 9.10. The lowest BCUT2D eigenvalue weighted by atomic mass is 10.0. The SMILES string of the molecule is O=C(NC1CCCN(c2ccc(Br)cc2)C1=O)c1nn(-c2ccc(F)cc2)ccc1=O. The number of piperidine rings is 1. The van der Waals surface area contributed by atoms with Gasteiger partial charge in [-0.15, -0.1) is 0 Å². The summed E-state index contributed by atoms with van der Waals surface area (Å²) < 4.78 is 15.4. The van der Waals surface area contributed by atoms with E-state index in [0.717, 1.165) is 10.2 Å². The lowest BCUT2D eigenvalue weighted by Gasteiger charge is -2.32. The zero-order valence-electron chi connectivity index (χ0n) is 16.3. The van der Waals surface area contributed by atoms with E-state index in [2.05, 4.69) is 26.3 Å². The van der Waals surface area contributed by atoms with Gasteiger partial charge in [0.25, 0.3) is 5.91 Å². The van der Waals surface area contributed by atoms with Gasteiger partial charge in [-0.05, 0) is 61.4 Å². The van der Waals surface area contributed by atoms with Gasteiger partial charge in [-0.1, -0.05) is 15.9 Å². The standard InChI is InChI=1S/C22H18BrFN4O3/c23-14-3-7-16(8-4-14)27-12-1-2-18(22(27)31)25-21(30)20-19(29)11-13-28(26-20)17-9-5-15(24)6-10-17/h3-11,13,18H,1-2,12H2,(H,25,30).